The Bertz CT molecular complexity index is 377. The SMILES string of the molecule is CC(=O)c1cc(Br)cc(C(F)F)c1O. The Kier molecular flexibility index (Phi) is 3.21. The molecule has 5 heteroatoms. The molecule has 14 heavy (non-hydrogen) atoms. The normalized spacial score (nSPS) is 10.6. The average molecular weight is 265 g/mol. The van der Waals surface area contributed by atoms with Gasteiger partial charge in [-0.25, -0.2) is 8.78 Å². The second-order valence-corrected chi connectivity index (χ2v) is 3.66. The lowest BCUT2D eigenvalue weighted by Crippen LogP contribution is -1.97. The summed E-state index contributed by atoms with van der Waals surface area (Å²) in [6, 6.07) is 2.40. The minimum atomic E-state index is -2.80. The van der Waals surface area contributed by atoms with Gasteiger partial charge in [-0.2, -0.15) is 0 Å². The topological polar surface area (TPSA) is 37.3 Å². The molecule has 1 N–H and O–H groups in total. The number of Topliss-reactive ketones (excluding diaryl/α,β-unsaturated/α-hetero) is 1. The van der Waals surface area contributed by atoms with E-state index in [0.29, 0.717) is 4.47 Å². The van der Waals surface area contributed by atoms with Crippen LogP contribution >= 0.6 is 15.9 Å². The van der Waals surface area contributed by atoms with Crippen molar-refractivity contribution in [2.75, 3.05) is 0 Å². The first-order valence-corrected chi connectivity index (χ1v) is 4.54. The molecular formula is C9H7BrF2O2. The lowest BCUT2D eigenvalue weighted by atomic mass is 10.1. The monoisotopic (exact) mass is 264 g/mol. The van der Waals surface area contributed by atoms with Crippen LogP contribution in [-0.2, 0) is 0 Å². The Morgan fingerprint density at radius 2 is 2.07 bits per heavy atom. The third-order valence-electron chi connectivity index (χ3n) is 1.72. The largest absolute Gasteiger partial charge is 0.507 e. The quantitative estimate of drug-likeness (QED) is 0.833. The zero-order valence-electron chi connectivity index (χ0n) is 7.22. The van der Waals surface area contributed by atoms with Crippen LogP contribution < -0.4 is 0 Å². The van der Waals surface area contributed by atoms with Gasteiger partial charge in [0, 0.05) is 4.47 Å². The third kappa shape index (κ3) is 2.09. The van der Waals surface area contributed by atoms with Crippen LogP contribution in [0, 0.1) is 0 Å². The fraction of sp³-hybridized carbons (Fsp3) is 0.222. The molecule has 2 nitrogen and oxygen atoms in total. The van der Waals surface area contributed by atoms with Gasteiger partial charge in [-0.3, -0.25) is 4.79 Å². The molecule has 0 bridgehead atoms. The van der Waals surface area contributed by atoms with Crippen molar-refractivity contribution in [1.29, 1.82) is 0 Å². The molecule has 0 amide bonds. The molecule has 0 aliphatic carbocycles. The molecule has 0 aliphatic rings. The van der Waals surface area contributed by atoms with Crippen molar-refractivity contribution in [3.8, 4) is 5.75 Å². The fourth-order valence-corrected chi connectivity index (χ4v) is 1.53. The van der Waals surface area contributed by atoms with Gasteiger partial charge in [0.2, 0.25) is 0 Å². The van der Waals surface area contributed by atoms with E-state index in [2.05, 4.69) is 15.9 Å². The smallest absolute Gasteiger partial charge is 0.267 e. The number of aromatic hydroxyl groups is 1. The number of carbonyl (C=O) groups is 1. The van der Waals surface area contributed by atoms with E-state index in [-0.39, 0.29) is 5.56 Å². The maximum atomic E-state index is 12.4. The van der Waals surface area contributed by atoms with Gasteiger partial charge in [-0.15, -0.1) is 0 Å². The maximum Gasteiger partial charge on any atom is 0.267 e. The molecule has 1 aromatic carbocycles. The van der Waals surface area contributed by atoms with Crippen molar-refractivity contribution >= 4 is 21.7 Å². The summed E-state index contributed by atoms with van der Waals surface area (Å²) in [6.07, 6.45) is -2.80. The van der Waals surface area contributed by atoms with E-state index in [4.69, 9.17) is 0 Å². The zero-order valence-corrected chi connectivity index (χ0v) is 8.81. The van der Waals surface area contributed by atoms with Crippen molar-refractivity contribution < 1.29 is 18.7 Å². The van der Waals surface area contributed by atoms with Gasteiger partial charge in [-0.05, 0) is 19.1 Å². The molecule has 0 aromatic heterocycles. The van der Waals surface area contributed by atoms with Crippen molar-refractivity contribution in [1.82, 2.24) is 0 Å². The number of ketones is 1. The van der Waals surface area contributed by atoms with Crippen LogP contribution in [0.25, 0.3) is 0 Å². The summed E-state index contributed by atoms with van der Waals surface area (Å²) < 4.78 is 25.1. The van der Waals surface area contributed by atoms with Gasteiger partial charge < -0.3 is 5.11 Å². The number of hydrogen-bond donors (Lipinski definition) is 1. The summed E-state index contributed by atoms with van der Waals surface area (Å²) in [6.45, 7) is 1.21. The molecule has 1 rings (SSSR count). The predicted octanol–water partition coefficient (Wildman–Crippen LogP) is 3.29. The van der Waals surface area contributed by atoms with Gasteiger partial charge in [0.1, 0.15) is 5.75 Å². The Morgan fingerprint density at radius 1 is 1.50 bits per heavy atom. The molecule has 0 saturated carbocycles. The molecule has 0 spiro atoms. The predicted molar refractivity (Wildman–Crippen MR) is 50.8 cm³/mol. The standard InChI is InChI=1S/C9H7BrF2O2/c1-4(13)6-2-5(10)3-7(8(6)14)9(11)12/h2-3,9,14H,1H3. The van der Waals surface area contributed by atoms with Crippen molar-refractivity contribution in [3.63, 3.8) is 0 Å². The minimum absolute atomic E-state index is 0.102. The first-order valence-electron chi connectivity index (χ1n) is 3.75. The lowest BCUT2D eigenvalue weighted by molar-refractivity contribution is 0.101. The van der Waals surface area contributed by atoms with E-state index in [0.717, 1.165) is 6.07 Å². The van der Waals surface area contributed by atoms with E-state index in [1.165, 1.54) is 13.0 Å². The third-order valence-corrected chi connectivity index (χ3v) is 2.18. The fourth-order valence-electron chi connectivity index (χ4n) is 1.06. The van der Waals surface area contributed by atoms with Crippen LogP contribution in [0.15, 0.2) is 16.6 Å². The Balaban J connectivity index is 3.40. The number of hydrogen-bond acceptors (Lipinski definition) is 2. The Labute approximate surface area is 87.7 Å². The number of phenols is 1. The van der Waals surface area contributed by atoms with E-state index >= 15 is 0 Å². The molecule has 0 unspecified atom stereocenters. The molecule has 0 atom stereocenters. The highest BCUT2D eigenvalue weighted by atomic mass is 79.9. The van der Waals surface area contributed by atoms with Crippen molar-refractivity contribution in [2.24, 2.45) is 0 Å². The molecule has 76 valence electrons. The molecule has 0 heterocycles. The van der Waals surface area contributed by atoms with Crippen LogP contribution in [-0.4, -0.2) is 10.9 Å². The highest BCUT2D eigenvalue weighted by Crippen LogP contribution is 2.34. The molecule has 0 radical (unpaired) electrons. The van der Waals surface area contributed by atoms with E-state index < -0.39 is 23.5 Å². The average Bonchev–Trinajstić information content (AvgIpc) is 2.07. The Morgan fingerprint density at radius 3 is 2.50 bits per heavy atom. The van der Waals surface area contributed by atoms with Gasteiger partial charge in [0.05, 0.1) is 11.1 Å². The maximum absolute atomic E-state index is 12.4. The van der Waals surface area contributed by atoms with Crippen LogP contribution in [0.1, 0.15) is 29.3 Å². The Hall–Kier alpha value is -0.970. The minimum Gasteiger partial charge on any atom is -0.507 e. The van der Waals surface area contributed by atoms with Gasteiger partial charge >= 0.3 is 0 Å². The molecule has 0 saturated heterocycles. The van der Waals surface area contributed by atoms with Crippen molar-refractivity contribution in [3.05, 3.63) is 27.7 Å². The summed E-state index contributed by atoms with van der Waals surface area (Å²) >= 11 is 2.99. The summed E-state index contributed by atoms with van der Waals surface area (Å²) in [4.78, 5) is 11.0. The van der Waals surface area contributed by atoms with Crippen LogP contribution in [0.4, 0.5) is 8.78 Å². The van der Waals surface area contributed by atoms with Crippen LogP contribution in [0.2, 0.25) is 0 Å². The summed E-state index contributed by atoms with van der Waals surface area (Å²) in [7, 11) is 0. The van der Waals surface area contributed by atoms with Crippen molar-refractivity contribution in [2.45, 2.75) is 13.3 Å². The lowest BCUT2D eigenvalue weighted by Gasteiger charge is -2.07. The highest BCUT2D eigenvalue weighted by molar-refractivity contribution is 9.10. The number of benzene rings is 1. The highest BCUT2D eigenvalue weighted by Gasteiger charge is 2.18. The first kappa shape index (κ1) is 11.1. The van der Waals surface area contributed by atoms with Gasteiger partial charge in [-0.1, -0.05) is 15.9 Å². The molecule has 0 aliphatic heterocycles. The number of alkyl halides is 2. The summed E-state index contributed by atoms with van der Waals surface area (Å²) in [5.41, 5.74) is -0.640. The van der Waals surface area contributed by atoms with E-state index in [1.807, 2.05) is 0 Å². The molecular weight excluding hydrogens is 258 g/mol. The summed E-state index contributed by atoms with van der Waals surface area (Å²) in [5.74, 6) is -1.10. The number of rotatable bonds is 2. The zero-order chi connectivity index (χ0) is 10.9. The van der Waals surface area contributed by atoms with E-state index in [9.17, 15) is 18.7 Å². The van der Waals surface area contributed by atoms with E-state index in [1.54, 1.807) is 0 Å². The van der Waals surface area contributed by atoms with Gasteiger partial charge in [0.25, 0.3) is 6.43 Å². The second-order valence-electron chi connectivity index (χ2n) is 2.75. The van der Waals surface area contributed by atoms with Crippen LogP contribution in [0.3, 0.4) is 0 Å². The number of carbonyl (C=O) groups excluding carboxylic acids is 1. The number of halogens is 3. The number of phenolic OH excluding ortho intramolecular Hbond substituents is 1. The second kappa shape index (κ2) is 4.04. The van der Waals surface area contributed by atoms with Gasteiger partial charge in [0.15, 0.2) is 5.78 Å². The molecule has 1 aromatic rings. The summed E-state index contributed by atoms with van der Waals surface area (Å²) in [5, 5.41) is 9.33. The van der Waals surface area contributed by atoms with Crippen LogP contribution in [0.5, 0.6) is 5.75 Å². The molecule has 0 fully saturated rings. The first-order chi connectivity index (χ1) is 6.43.